The molecular weight excluding hydrogens is 404 g/mol. The second-order valence-electron chi connectivity index (χ2n) is 8.62. The first-order valence-electron chi connectivity index (χ1n) is 10.9. The molecule has 0 unspecified atom stereocenters. The number of pyridine rings is 1. The third kappa shape index (κ3) is 3.25. The summed E-state index contributed by atoms with van der Waals surface area (Å²) in [5.74, 6) is 0.769. The van der Waals surface area contributed by atoms with Gasteiger partial charge in [-0.25, -0.2) is 13.9 Å². The van der Waals surface area contributed by atoms with E-state index < -0.39 is 5.41 Å². The van der Waals surface area contributed by atoms with E-state index in [1.807, 2.05) is 62.4 Å². The van der Waals surface area contributed by atoms with Crippen molar-refractivity contribution >= 4 is 22.5 Å². The van der Waals surface area contributed by atoms with Gasteiger partial charge < -0.3 is 10.1 Å². The van der Waals surface area contributed by atoms with Gasteiger partial charge in [0.15, 0.2) is 5.65 Å². The van der Waals surface area contributed by atoms with Crippen LogP contribution in [0.5, 0.6) is 5.75 Å². The summed E-state index contributed by atoms with van der Waals surface area (Å²) in [7, 11) is 1.63. The molecule has 2 heterocycles. The van der Waals surface area contributed by atoms with E-state index in [2.05, 4.69) is 10.4 Å². The standard InChI is InChI=1S/C25H26N4O3/c1-16-4-5-18-15-17(2)22-27-28(24(31)29(22)21(18)14-16)13-12-26-23(30)25(10-11-25)19-6-8-20(32-3)9-7-19/h4-9,14-15H,10-13H2,1-3H3,(H,26,30). The van der Waals surface area contributed by atoms with Crippen LogP contribution in [0.2, 0.25) is 0 Å². The number of carbonyl (C=O) groups is 1. The number of amides is 1. The van der Waals surface area contributed by atoms with Crippen LogP contribution in [0.3, 0.4) is 0 Å². The van der Waals surface area contributed by atoms with Crippen LogP contribution in [-0.2, 0) is 16.8 Å². The monoisotopic (exact) mass is 430 g/mol. The summed E-state index contributed by atoms with van der Waals surface area (Å²) in [6, 6.07) is 15.8. The van der Waals surface area contributed by atoms with Crippen molar-refractivity contribution in [1.29, 1.82) is 0 Å². The number of methoxy groups -OCH3 is 1. The molecule has 0 atom stereocenters. The Hall–Kier alpha value is -3.61. The van der Waals surface area contributed by atoms with Gasteiger partial charge >= 0.3 is 5.69 Å². The minimum atomic E-state index is -0.472. The summed E-state index contributed by atoms with van der Waals surface area (Å²) < 4.78 is 8.32. The number of nitrogens with one attached hydrogen (secondary N) is 1. The minimum absolute atomic E-state index is 0.00302. The van der Waals surface area contributed by atoms with Crippen molar-refractivity contribution in [2.45, 2.75) is 38.6 Å². The van der Waals surface area contributed by atoms with Gasteiger partial charge in [0.25, 0.3) is 0 Å². The average molecular weight is 431 g/mol. The molecule has 7 heteroatoms. The van der Waals surface area contributed by atoms with Gasteiger partial charge in [0.1, 0.15) is 5.75 Å². The molecule has 7 nitrogen and oxygen atoms in total. The van der Waals surface area contributed by atoms with Crippen molar-refractivity contribution in [3.05, 3.63) is 75.7 Å². The SMILES string of the molecule is COc1ccc(C2(C(=O)NCCn3nc4c(C)cc5ccc(C)cc5n4c3=O)CC2)cc1. The summed E-state index contributed by atoms with van der Waals surface area (Å²) in [4.78, 5) is 26.1. The van der Waals surface area contributed by atoms with Crippen LogP contribution in [0.1, 0.15) is 29.5 Å². The second-order valence-corrected chi connectivity index (χ2v) is 8.62. The number of hydrogen-bond donors (Lipinski definition) is 1. The van der Waals surface area contributed by atoms with Gasteiger partial charge in [0.05, 0.1) is 24.6 Å². The Bertz CT molecular complexity index is 1390. The predicted octanol–water partition coefficient (Wildman–Crippen LogP) is 3.12. The van der Waals surface area contributed by atoms with Gasteiger partial charge in [0, 0.05) is 6.54 Å². The van der Waals surface area contributed by atoms with Crippen LogP contribution in [0.4, 0.5) is 0 Å². The molecule has 1 N–H and O–H groups in total. The van der Waals surface area contributed by atoms with Crippen molar-refractivity contribution < 1.29 is 9.53 Å². The summed E-state index contributed by atoms with van der Waals surface area (Å²) >= 11 is 0. The van der Waals surface area contributed by atoms with Crippen LogP contribution in [-0.4, -0.2) is 33.7 Å². The Kier molecular flexibility index (Phi) is 4.77. The lowest BCUT2D eigenvalue weighted by molar-refractivity contribution is -0.123. The largest absolute Gasteiger partial charge is 0.497 e. The van der Waals surface area contributed by atoms with Crippen LogP contribution < -0.4 is 15.7 Å². The Morgan fingerprint density at radius 2 is 1.88 bits per heavy atom. The lowest BCUT2D eigenvalue weighted by atomic mass is 9.95. The number of carbonyl (C=O) groups excluding carboxylic acids is 1. The fourth-order valence-electron chi connectivity index (χ4n) is 4.42. The summed E-state index contributed by atoms with van der Waals surface area (Å²) in [6.45, 7) is 4.62. The van der Waals surface area contributed by atoms with E-state index in [-0.39, 0.29) is 11.6 Å². The molecule has 2 aromatic carbocycles. The zero-order valence-electron chi connectivity index (χ0n) is 18.5. The lowest BCUT2D eigenvalue weighted by Gasteiger charge is -2.16. The van der Waals surface area contributed by atoms with Gasteiger partial charge in [0.2, 0.25) is 5.91 Å². The minimum Gasteiger partial charge on any atom is -0.497 e. The quantitative estimate of drug-likeness (QED) is 0.510. The van der Waals surface area contributed by atoms with E-state index in [1.54, 1.807) is 11.5 Å². The molecule has 32 heavy (non-hydrogen) atoms. The van der Waals surface area contributed by atoms with E-state index in [0.717, 1.165) is 46.2 Å². The normalized spacial score (nSPS) is 14.6. The number of aryl methyl sites for hydroxylation is 2. The fraction of sp³-hybridized carbons (Fsp3) is 0.320. The molecule has 1 fully saturated rings. The lowest BCUT2D eigenvalue weighted by Crippen LogP contribution is -2.37. The second kappa shape index (κ2) is 7.51. The van der Waals surface area contributed by atoms with E-state index in [4.69, 9.17) is 4.74 Å². The van der Waals surface area contributed by atoms with Crippen molar-refractivity contribution in [3.63, 3.8) is 0 Å². The number of fused-ring (bicyclic) bond motifs is 3. The van der Waals surface area contributed by atoms with Gasteiger partial charge in [-0.3, -0.25) is 4.79 Å². The maximum atomic E-state index is 13.1. The van der Waals surface area contributed by atoms with E-state index in [1.165, 1.54) is 4.68 Å². The van der Waals surface area contributed by atoms with Crippen LogP contribution in [0, 0.1) is 13.8 Å². The molecule has 4 aromatic rings. The highest BCUT2D eigenvalue weighted by molar-refractivity contribution is 5.91. The number of aromatic nitrogens is 3. The molecule has 1 amide bonds. The van der Waals surface area contributed by atoms with E-state index in [0.29, 0.717) is 18.7 Å². The Morgan fingerprint density at radius 3 is 2.56 bits per heavy atom. The molecule has 0 spiro atoms. The maximum absolute atomic E-state index is 13.1. The van der Waals surface area contributed by atoms with Crippen molar-refractivity contribution in [2.24, 2.45) is 0 Å². The summed E-state index contributed by atoms with van der Waals surface area (Å²) in [6.07, 6.45) is 1.65. The number of nitrogens with zero attached hydrogens (tertiary/aromatic N) is 3. The zero-order chi connectivity index (χ0) is 22.5. The molecule has 0 bridgehead atoms. The van der Waals surface area contributed by atoms with Gasteiger partial charge in [-0.15, -0.1) is 5.10 Å². The first kappa shape index (κ1) is 20.3. The molecule has 2 aromatic heterocycles. The first-order valence-corrected chi connectivity index (χ1v) is 10.9. The van der Waals surface area contributed by atoms with Crippen LogP contribution >= 0.6 is 0 Å². The first-order chi connectivity index (χ1) is 15.4. The smallest absolute Gasteiger partial charge is 0.350 e. The Morgan fingerprint density at radius 1 is 1.12 bits per heavy atom. The number of ether oxygens (including phenoxy) is 1. The molecular formula is C25H26N4O3. The zero-order valence-corrected chi connectivity index (χ0v) is 18.5. The van der Waals surface area contributed by atoms with Gasteiger partial charge in [-0.1, -0.05) is 24.3 Å². The number of hydrogen-bond acceptors (Lipinski definition) is 4. The maximum Gasteiger partial charge on any atom is 0.350 e. The highest BCUT2D eigenvalue weighted by Gasteiger charge is 2.51. The van der Waals surface area contributed by atoms with Crippen molar-refractivity contribution in [1.82, 2.24) is 19.5 Å². The third-order valence-electron chi connectivity index (χ3n) is 6.43. The molecule has 5 rings (SSSR count). The third-order valence-corrected chi connectivity index (χ3v) is 6.43. The topological polar surface area (TPSA) is 77.6 Å². The Labute approximate surface area is 185 Å². The molecule has 164 valence electrons. The molecule has 1 saturated carbocycles. The highest BCUT2D eigenvalue weighted by Crippen LogP contribution is 2.48. The average Bonchev–Trinajstić information content (AvgIpc) is 3.54. The predicted molar refractivity (Wildman–Crippen MR) is 123 cm³/mol. The molecule has 0 aliphatic heterocycles. The molecule has 1 aliphatic rings. The number of benzene rings is 2. The van der Waals surface area contributed by atoms with Crippen molar-refractivity contribution in [2.75, 3.05) is 13.7 Å². The fourth-order valence-corrected chi connectivity index (χ4v) is 4.42. The molecule has 1 aliphatic carbocycles. The van der Waals surface area contributed by atoms with Gasteiger partial charge in [-0.2, -0.15) is 0 Å². The van der Waals surface area contributed by atoms with Crippen LogP contribution in [0.15, 0.2) is 53.3 Å². The van der Waals surface area contributed by atoms with Gasteiger partial charge in [-0.05, 0) is 73.0 Å². The van der Waals surface area contributed by atoms with Crippen molar-refractivity contribution in [3.8, 4) is 5.75 Å². The summed E-state index contributed by atoms with van der Waals surface area (Å²) in [5, 5.41) is 8.57. The van der Waals surface area contributed by atoms with Crippen LogP contribution in [0.25, 0.3) is 16.6 Å². The van der Waals surface area contributed by atoms with E-state index in [9.17, 15) is 9.59 Å². The molecule has 0 radical (unpaired) electrons. The highest BCUT2D eigenvalue weighted by atomic mass is 16.5. The van der Waals surface area contributed by atoms with E-state index >= 15 is 0 Å². The Balaban J connectivity index is 1.35. The molecule has 0 saturated heterocycles. The number of rotatable bonds is 6. The summed E-state index contributed by atoms with van der Waals surface area (Å²) in [5.41, 5.74) is 3.86.